The van der Waals surface area contributed by atoms with Crippen molar-refractivity contribution in [2.75, 3.05) is 0 Å². The number of ketones is 1. The number of rotatable bonds is 3. The second-order valence-electron chi connectivity index (χ2n) is 6.32. The van der Waals surface area contributed by atoms with E-state index < -0.39 is 11.6 Å². The van der Waals surface area contributed by atoms with E-state index >= 15 is 0 Å². The highest BCUT2D eigenvalue weighted by Gasteiger charge is 2.23. The molecule has 0 fully saturated rings. The monoisotopic (exact) mass is 360 g/mol. The van der Waals surface area contributed by atoms with E-state index in [4.69, 9.17) is 4.52 Å². The summed E-state index contributed by atoms with van der Waals surface area (Å²) < 4.78 is 20.6. The van der Waals surface area contributed by atoms with Crippen LogP contribution in [0.15, 0.2) is 59.4 Å². The van der Waals surface area contributed by atoms with Crippen LogP contribution in [0.4, 0.5) is 4.39 Å². The molecule has 3 aromatic heterocycles. The lowest BCUT2D eigenvalue weighted by atomic mass is 10.1. The molecule has 6 nitrogen and oxygen atoms in total. The number of hydrogen-bond donors (Lipinski definition) is 1. The number of benzene rings is 2. The lowest BCUT2D eigenvalue weighted by Gasteiger charge is -1.95. The summed E-state index contributed by atoms with van der Waals surface area (Å²) in [6.45, 7) is 0. The molecule has 0 unspecified atom stereocenters. The first-order valence-electron chi connectivity index (χ1n) is 8.31. The second kappa shape index (κ2) is 5.63. The molecule has 7 heteroatoms. The zero-order chi connectivity index (χ0) is 18.5. The van der Waals surface area contributed by atoms with Crippen LogP contribution in [0, 0.1) is 5.82 Å². The Bertz CT molecular complexity index is 1330. The van der Waals surface area contributed by atoms with Crippen LogP contribution in [-0.4, -0.2) is 25.5 Å². The number of para-hydroxylation sites is 1. The number of aromatic nitrogens is 4. The molecule has 0 spiro atoms. The molecule has 27 heavy (non-hydrogen) atoms. The average molecular weight is 360 g/mol. The van der Waals surface area contributed by atoms with Crippen LogP contribution < -0.4 is 0 Å². The summed E-state index contributed by atoms with van der Waals surface area (Å²) in [6.07, 6.45) is 3.42. The largest absolute Gasteiger partial charge is 0.360 e. The van der Waals surface area contributed by atoms with E-state index in [0.29, 0.717) is 16.8 Å². The SMILES string of the molecule is Cn1cc(C(=O)c2nc(-c3c[nH]c4ccccc34)no2)c2cc(F)ccc21. The van der Waals surface area contributed by atoms with E-state index in [1.807, 2.05) is 24.3 Å². The van der Waals surface area contributed by atoms with Crippen molar-refractivity contribution >= 4 is 27.6 Å². The molecule has 5 rings (SSSR count). The van der Waals surface area contributed by atoms with E-state index in [2.05, 4.69) is 15.1 Å². The molecular weight excluding hydrogens is 347 g/mol. The zero-order valence-electron chi connectivity index (χ0n) is 14.2. The third kappa shape index (κ3) is 2.36. The highest BCUT2D eigenvalue weighted by atomic mass is 19.1. The van der Waals surface area contributed by atoms with E-state index in [0.717, 1.165) is 22.0 Å². The summed E-state index contributed by atoms with van der Waals surface area (Å²) in [5, 5.41) is 5.40. The van der Waals surface area contributed by atoms with Crippen LogP contribution >= 0.6 is 0 Å². The lowest BCUT2D eigenvalue weighted by Crippen LogP contribution is -2.01. The number of carbonyl (C=O) groups is 1. The van der Waals surface area contributed by atoms with Gasteiger partial charge in [0.25, 0.3) is 11.7 Å². The number of aromatic amines is 1. The fourth-order valence-corrected chi connectivity index (χ4v) is 3.34. The number of aryl methyl sites for hydroxylation is 1. The number of nitrogens with zero attached hydrogens (tertiary/aromatic N) is 3. The van der Waals surface area contributed by atoms with Crippen LogP contribution in [0.25, 0.3) is 33.2 Å². The summed E-state index contributed by atoms with van der Waals surface area (Å²) in [5.41, 5.74) is 2.75. The molecule has 0 radical (unpaired) electrons. The first-order valence-corrected chi connectivity index (χ1v) is 8.31. The smallest absolute Gasteiger partial charge is 0.299 e. The summed E-state index contributed by atoms with van der Waals surface area (Å²) in [4.78, 5) is 20.3. The fraction of sp³-hybridized carbons (Fsp3) is 0.0500. The minimum Gasteiger partial charge on any atom is -0.360 e. The highest BCUT2D eigenvalue weighted by molar-refractivity contribution is 6.14. The van der Waals surface area contributed by atoms with E-state index in [-0.39, 0.29) is 5.89 Å². The quantitative estimate of drug-likeness (QED) is 0.492. The molecule has 0 amide bonds. The van der Waals surface area contributed by atoms with Crippen molar-refractivity contribution in [3.63, 3.8) is 0 Å². The van der Waals surface area contributed by atoms with Crippen molar-refractivity contribution in [3.8, 4) is 11.4 Å². The Labute approximate surface area is 152 Å². The van der Waals surface area contributed by atoms with Crippen molar-refractivity contribution in [2.24, 2.45) is 7.05 Å². The molecule has 132 valence electrons. The van der Waals surface area contributed by atoms with Crippen LogP contribution in [0.3, 0.4) is 0 Å². The maximum atomic E-state index is 13.7. The Morgan fingerprint density at radius 1 is 1.19 bits per heavy atom. The number of hydrogen-bond acceptors (Lipinski definition) is 4. The summed E-state index contributed by atoms with van der Waals surface area (Å²) in [5.74, 6) is -0.660. The Morgan fingerprint density at radius 3 is 2.93 bits per heavy atom. The molecular formula is C20H13FN4O2. The minimum absolute atomic E-state index is 0.132. The maximum Gasteiger partial charge on any atom is 0.299 e. The number of H-pyrrole nitrogens is 1. The molecule has 0 aliphatic rings. The van der Waals surface area contributed by atoms with Crippen molar-refractivity contribution in [1.82, 2.24) is 19.7 Å². The minimum atomic E-state index is -0.440. The van der Waals surface area contributed by atoms with Crippen molar-refractivity contribution in [2.45, 2.75) is 0 Å². The van der Waals surface area contributed by atoms with Crippen LogP contribution in [0.1, 0.15) is 16.2 Å². The van der Waals surface area contributed by atoms with Gasteiger partial charge in [0.2, 0.25) is 5.82 Å². The third-order valence-corrected chi connectivity index (χ3v) is 4.65. The van der Waals surface area contributed by atoms with Gasteiger partial charge in [-0.05, 0) is 24.3 Å². The van der Waals surface area contributed by atoms with E-state index in [9.17, 15) is 9.18 Å². The molecule has 0 saturated carbocycles. The van der Waals surface area contributed by atoms with Crippen molar-refractivity contribution < 1.29 is 13.7 Å². The first-order chi connectivity index (χ1) is 13.1. The van der Waals surface area contributed by atoms with Crippen LogP contribution in [0.5, 0.6) is 0 Å². The van der Waals surface area contributed by atoms with Crippen molar-refractivity contribution in [1.29, 1.82) is 0 Å². The number of nitrogens with one attached hydrogen (secondary N) is 1. The number of carbonyl (C=O) groups excluding carboxylic acids is 1. The Hall–Kier alpha value is -3.74. The molecule has 3 heterocycles. The average Bonchev–Trinajstić information content (AvgIpc) is 3.38. The number of halogens is 1. The van der Waals surface area contributed by atoms with Gasteiger partial charge >= 0.3 is 0 Å². The topological polar surface area (TPSA) is 76.7 Å². The van der Waals surface area contributed by atoms with Gasteiger partial charge in [-0.3, -0.25) is 4.79 Å². The van der Waals surface area contributed by atoms with Gasteiger partial charge in [0.05, 0.1) is 5.56 Å². The molecule has 0 bridgehead atoms. The van der Waals surface area contributed by atoms with Crippen molar-refractivity contribution in [3.05, 3.63) is 72.1 Å². The second-order valence-corrected chi connectivity index (χ2v) is 6.32. The Kier molecular flexibility index (Phi) is 3.24. The summed E-state index contributed by atoms with van der Waals surface area (Å²) in [6, 6.07) is 12.0. The van der Waals surface area contributed by atoms with Crippen LogP contribution in [0.2, 0.25) is 0 Å². The van der Waals surface area contributed by atoms with Gasteiger partial charge in [0.1, 0.15) is 5.82 Å². The van der Waals surface area contributed by atoms with Gasteiger partial charge < -0.3 is 14.1 Å². The molecule has 0 aliphatic heterocycles. The molecule has 0 atom stereocenters. The van der Waals surface area contributed by atoms with Gasteiger partial charge in [-0.25, -0.2) is 4.39 Å². The fourth-order valence-electron chi connectivity index (χ4n) is 3.34. The first kappa shape index (κ1) is 15.5. The van der Waals surface area contributed by atoms with E-state index in [1.165, 1.54) is 12.1 Å². The molecule has 0 aliphatic carbocycles. The Morgan fingerprint density at radius 2 is 2.04 bits per heavy atom. The summed E-state index contributed by atoms with van der Waals surface area (Å²) in [7, 11) is 1.79. The standard InChI is InChI=1S/C20H13FN4O2/c1-25-10-15(13-8-11(21)6-7-17(13)25)18(26)20-23-19(24-27-20)14-9-22-16-5-3-2-4-12(14)16/h2-10,22H,1H3. The molecule has 0 saturated heterocycles. The molecule has 1 N–H and O–H groups in total. The lowest BCUT2D eigenvalue weighted by molar-refractivity contribution is 0.0995. The molecule has 5 aromatic rings. The summed E-state index contributed by atoms with van der Waals surface area (Å²) >= 11 is 0. The van der Waals surface area contributed by atoms with Crippen LogP contribution in [-0.2, 0) is 7.05 Å². The van der Waals surface area contributed by atoms with Gasteiger partial charge in [-0.15, -0.1) is 0 Å². The van der Waals surface area contributed by atoms with E-state index in [1.54, 1.807) is 30.1 Å². The third-order valence-electron chi connectivity index (χ3n) is 4.65. The van der Waals surface area contributed by atoms with Gasteiger partial charge in [0.15, 0.2) is 0 Å². The molecule has 2 aromatic carbocycles. The zero-order valence-corrected chi connectivity index (χ0v) is 14.2. The van der Waals surface area contributed by atoms with Gasteiger partial charge in [-0.2, -0.15) is 4.98 Å². The van der Waals surface area contributed by atoms with Gasteiger partial charge in [-0.1, -0.05) is 23.4 Å². The number of fused-ring (bicyclic) bond motifs is 2. The normalized spacial score (nSPS) is 11.5. The van der Waals surface area contributed by atoms with Gasteiger partial charge in [0, 0.05) is 46.8 Å². The predicted octanol–water partition coefficient (Wildman–Crippen LogP) is 4.08. The Balaban J connectivity index is 1.59. The maximum absolute atomic E-state index is 13.7. The highest BCUT2D eigenvalue weighted by Crippen LogP contribution is 2.28. The predicted molar refractivity (Wildman–Crippen MR) is 97.9 cm³/mol.